The molecule has 1 aromatic heterocycles. The maximum absolute atomic E-state index is 12.9. The minimum Gasteiger partial charge on any atom is -0.383 e. The number of amides is 2. The number of methoxy groups -OCH3 is 1. The molecule has 0 aliphatic carbocycles. The van der Waals surface area contributed by atoms with Crippen molar-refractivity contribution in [2.45, 2.75) is 13.1 Å². The second kappa shape index (κ2) is 10.3. The first kappa shape index (κ1) is 21.2. The normalized spacial score (nSPS) is 10.7. The molecule has 152 valence electrons. The van der Waals surface area contributed by atoms with Gasteiger partial charge in [0.2, 0.25) is 0 Å². The van der Waals surface area contributed by atoms with E-state index in [1.54, 1.807) is 30.2 Å². The van der Waals surface area contributed by atoms with Crippen LogP contribution in [0, 0.1) is 0 Å². The first-order valence-electron chi connectivity index (χ1n) is 9.24. The lowest BCUT2D eigenvalue weighted by Gasteiger charge is -2.24. The Kier molecular flexibility index (Phi) is 7.58. The number of halogens is 2. The Hall–Kier alpha value is -2.47. The summed E-state index contributed by atoms with van der Waals surface area (Å²) in [5.41, 5.74) is 2.75. The first-order chi connectivity index (χ1) is 14.1. The van der Waals surface area contributed by atoms with Crippen LogP contribution in [0.5, 0.6) is 0 Å². The van der Waals surface area contributed by atoms with E-state index in [9.17, 15) is 4.79 Å². The van der Waals surface area contributed by atoms with E-state index >= 15 is 0 Å². The third kappa shape index (κ3) is 6.00. The van der Waals surface area contributed by atoms with E-state index in [4.69, 9.17) is 27.9 Å². The highest BCUT2D eigenvalue weighted by molar-refractivity contribution is 6.36. The standard InChI is InChI=1S/C22H23Cl2N3O2/c1-29-13-12-27(22(28)25-21-10-9-18(23)14-20(21)24)16-19-8-5-11-26(19)15-17-6-3-2-4-7-17/h2-11,14H,12-13,15-16H2,1H3,(H,25,28). The van der Waals surface area contributed by atoms with Gasteiger partial charge in [0.15, 0.2) is 0 Å². The number of carbonyl (C=O) groups is 1. The van der Waals surface area contributed by atoms with E-state index in [1.165, 1.54) is 5.56 Å². The van der Waals surface area contributed by atoms with Gasteiger partial charge in [-0.15, -0.1) is 0 Å². The smallest absolute Gasteiger partial charge is 0.322 e. The molecule has 0 atom stereocenters. The molecule has 0 saturated heterocycles. The highest BCUT2D eigenvalue weighted by atomic mass is 35.5. The molecule has 3 rings (SSSR count). The predicted octanol–water partition coefficient (Wildman–Crippen LogP) is 5.52. The van der Waals surface area contributed by atoms with Gasteiger partial charge in [-0.3, -0.25) is 0 Å². The fourth-order valence-electron chi connectivity index (χ4n) is 2.96. The summed E-state index contributed by atoms with van der Waals surface area (Å²) in [5.74, 6) is 0. The van der Waals surface area contributed by atoms with Gasteiger partial charge in [-0.2, -0.15) is 0 Å². The van der Waals surface area contributed by atoms with Crippen LogP contribution in [-0.2, 0) is 17.8 Å². The number of hydrogen-bond donors (Lipinski definition) is 1. The number of carbonyl (C=O) groups excluding carboxylic acids is 1. The first-order valence-corrected chi connectivity index (χ1v) is 10.0. The molecule has 2 aromatic carbocycles. The third-order valence-corrected chi connectivity index (χ3v) is 5.05. The fraction of sp³-hybridized carbons (Fsp3) is 0.227. The number of nitrogens with zero attached hydrogens (tertiary/aromatic N) is 2. The van der Waals surface area contributed by atoms with Crippen molar-refractivity contribution in [2.75, 3.05) is 25.6 Å². The Bertz CT molecular complexity index is 944. The molecule has 0 fully saturated rings. The lowest BCUT2D eigenvalue weighted by Crippen LogP contribution is -2.37. The number of rotatable bonds is 8. The van der Waals surface area contributed by atoms with Gasteiger partial charge in [0.05, 0.1) is 23.9 Å². The van der Waals surface area contributed by atoms with Gasteiger partial charge >= 0.3 is 6.03 Å². The summed E-state index contributed by atoms with van der Waals surface area (Å²) in [6, 6.07) is 18.9. The number of urea groups is 1. The van der Waals surface area contributed by atoms with Crippen molar-refractivity contribution in [3.63, 3.8) is 0 Å². The Morgan fingerprint density at radius 1 is 1.10 bits per heavy atom. The molecule has 0 radical (unpaired) electrons. The molecule has 1 heterocycles. The average molecular weight is 432 g/mol. The van der Waals surface area contributed by atoms with E-state index in [0.29, 0.717) is 35.4 Å². The third-order valence-electron chi connectivity index (χ3n) is 4.50. The topological polar surface area (TPSA) is 46.5 Å². The average Bonchev–Trinajstić information content (AvgIpc) is 3.14. The quantitative estimate of drug-likeness (QED) is 0.509. The van der Waals surface area contributed by atoms with Crippen LogP contribution < -0.4 is 5.32 Å². The maximum atomic E-state index is 12.9. The van der Waals surface area contributed by atoms with Crippen molar-refractivity contribution < 1.29 is 9.53 Å². The molecule has 2 amide bonds. The van der Waals surface area contributed by atoms with Gasteiger partial charge in [0, 0.05) is 37.1 Å². The van der Waals surface area contributed by atoms with Crippen molar-refractivity contribution in [1.82, 2.24) is 9.47 Å². The number of benzene rings is 2. The Labute approximate surface area is 180 Å². The second-order valence-electron chi connectivity index (χ2n) is 6.58. The summed E-state index contributed by atoms with van der Waals surface area (Å²) >= 11 is 12.1. The van der Waals surface area contributed by atoms with E-state index < -0.39 is 0 Å². The van der Waals surface area contributed by atoms with Crippen LogP contribution in [0.15, 0.2) is 66.9 Å². The zero-order chi connectivity index (χ0) is 20.6. The fourth-order valence-corrected chi connectivity index (χ4v) is 3.42. The van der Waals surface area contributed by atoms with Crippen molar-refractivity contribution in [2.24, 2.45) is 0 Å². The molecular formula is C22H23Cl2N3O2. The minimum absolute atomic E-state index is 0.251. The monoisotopic (exact) mass is 431 g/mol. The van der Waals surface area contributed by atoms with E-state index in [2.05, 4.69) is 22.0 Å². The number of ether oxygens (including phenoxy) is 1. The highest BCUT2D eigenvalue weighted by Crippen LogP contribution is 2.25. The lowest BCUT2D eigenvalue weighted by atomic mass is 10.2. The van der Waals surface area contributed by atoms with Gasteiger partial charge in [-0.05, 0) is 35.9 Å². The van der Waals surface area contributed by atoms with Gasteiger partial charge in [0.1, 0.15) is 0 Å². The van der Waals surface area contributed by atoms with Crippen molar-refractivity contribution in [1.29, 1.82) is 0 Å². The summed E-state index contributed by atoms with van der Waals surface area (Å²) in [5, 5.41) is 3.77. The summed E-state index contributed by atoms with van der Waals surface area (Å²) in [6.45, 7) is 2.07. The van der Waals surface area contributed by atoms with Crippen molar-refractivity contribution in [3.8, 4) is 0 Å². The van der Waals surface area contributed by atoms with Crippen LogP contribution >= 0.6 is 23.2 Å². The van der Waals surface area contributed by atoms with Gasteiger partial charge < -0.3 is 19.5 Å². The van der Waals surface area contributed by atoms with Crippen molar-refractivity contribution >= 4 is 34.9 Å². The Morgan fingerprint density at radius 2 is 1.90 bits per heavy atom. The zero-order valence-electron chi connectivity index (χ0n) is 16.1. The van der Waals surface area contributed by atoms with Crippen LogP contribution in [0.3, 0.4) is 0 Å². The second-order valence-corrected chi connectivity index (χ2v) is 7.43. The van der Waals surface area contributed by atoms with Crippen molar-refractivity contribution in [3.05, 3.63) is 88.2 Å². The summed E-state index contributed by atoms with van der Waals surface area (Å²) in [7, 11) is 1.62. The van der Waals surface area contributed by atoms with E-state index in [-0.39, 0.29) is 6.03 Å². The van der Waals surface area contributed by atoms with Crippen LogP contribution in [0.1, 0.15) is 11.3 Å². The van der Waals surface area contributed by atoms with Gasteiger partial charge in [-0.25, -0.2) is 4.79 Å². The van der Waals surface area contributed by atoms with Crippen LogP contribution in [0.25, 0.3) is 0 Å². The summed E-state index contributed by atoms with van der Waals surface area (Å²) < 4.78 is 7.32. The predicted molar refractivity (Wildman–Crippen MR) is 118 cm³/mol. The molecule has 29 heavy (non-hydrogen) atoms. The molecule has 5 nitrogen and oxygen atoms in total. The minimum atomic E-state index is -0.251. The Morgan fingerprint density at radius 3 is 2.62 bits per heavy atom. The number of hydrogen-bond acceptors (Lipinski definition) is 2. The molecule has 0 unspecified atom stereocenters. The summed E-state index contributed by atoms with van der Waals surface area (Å²) in [6.07, 6.45) is 2.02. The molecule has 0 aliphatic rings. The number of anilines is 1. The lowest BCUT2D eigenvalue weighted by molar-refractivity contribution is 0.152. The molecule has 0 aliphatic heterocycles. The largest absolute Gasteiger partial charge is 0.383 e. The molecule has 1 N–H and O–H groups in total. The van der Waals surface area contributed by atoms with E-state index in [0.717, 1.165) is 12.2 Å². The van der Waals surface area contributed by atoms with Crippen LogP contribution in [0.2, 0.25) is 10.0 Å². The Balaban J connectivity index is 1.74. The molecule has 7 heteroatoms. The molecular weight excluding hydrogens is 409 g/mol. The zero-order valence-corrected chi connectivity index (χ0v) is 17.7. The number of nitrogens with one attached hydrogen (secondary N) is 1. The number of aromatic nitrogens is 1. The van der Waals surface area contributed by atoms with Gasteiger partial charge in [-0.1, -0.05) is 53.5 Å². The van der Waals surface area contributed by atoms with Crippen LogP contribution in [0.4, 0.5) is 10.5 Å². The molecule has 0 saturated carbocycles. The molecule has 3 aromatic rings. The van der Waals surface area contributed by atoms with Crippen LogP contribution in [-0.4, -0.2) is 35.8 Å². The highest BCUT2D eigenvalue weighted by Gasteiger charge is 2.17. The van der Waals surface area contributed by atoms with E-state index in [1.807, 2.05) is 36.5 Å². The SMILES string of the molecule is COCCN(Cc1cccn1Cc1ccccc1)C(=O)Nc1ccc(Cl)cc1Cl. The molecule has 0 spiro atoms. The summed E-state index contributed by atoms with van der Waals surface area (Å²) in [4.78, 5) is 14.6. The maximum Gasteiger partial charge on any atom is 0.322 e. The van der Waals surface area contributed by atoms with Gasteiger partial charge in [0.25, 0.3) is 0 Å². The molecule has 0 bridgehead atoms.